The Kier molecular flexibility index (Phi) is 4.52. The van der Waals surface area contributed by atoms with Crippen molar-refractivity contribution >= 4 is 33.2 Å². The number of ether oxygens (including phenoxy) is 1. The summed E-state index contributed by atoms with van der Waals surface area (Å²) in [5.41, 5.74) is -0.264. The van der Waals surface area contributed by atoms with Crippen molar-refractivity contribution in [1.29, 1.82) is 0 Å². The molecule has 0 spiro atoms. The van der Waals surface area contributed by atoms with E-state index in [4.69, 9.17) is 0 Å². The lowest BCUT2D eigenvalue weighted by Gasteiger charge is -2.12. The predicted octanol–water partition coefficient (Wildman–Crippen LogP) is 1.16. The Morgan fingerprint density at radius 2 is 1.95 bits per heavy atom. The highest BCUT2D eigenvalue weighted by molar-refractivity contribution is 8.07. The van der Waals surface area contributed by atoms with Crippen molar-refractivity contribution in [2.24, 2.45) is 4.40 Å². The lowest BCUT2D eigenvalue weighted by Crippen LogP contribution is -2.12. The van der Waals surface area contributed by atoms with E-state index in [1.165, 1.54) is 18.6 Å². The Morgan fingerprint density at radius 1 is 1.32 bits per heavy atom. The highest BCUT2D eigenvalue weighted by Gasteiger charge is 2.20. The number of non-ortho nitro benzene ring substituents is 1. The molecule has 2 rings (SSSR count). The van der Waals surface area contributed by atoms with Gasteiger partial charge in [-0.25, -0.2) is 0 Å². The minimum atomic E-state index is -4.09. The van der Waals surface area contributed by atoms with Crippen LogP contribution < -0.4 is 5.11 Å². The molecule has 0 aromatic heterocycles. The van der Waals surface area contributed by atoms with E-state index >= 15 is 0 Å². The molecule has 0 radical (unpaired) electrons. The van der Waals surface area contributed by atoms with Gasteiger partial charge in [-0.2, -0.15) is 12.8 Å². The average molecular weight is 341 g/mol. The van der Waals surface area contributed by atoms with Crippen molar-refractivity contribution in [3.63, 3.8) is 0 Å². The van der Waals surface area contributed by atoms with E-state index < -0.39 is 20.9 Å². The molecule has 1 aromatic carbocycles. The first kappa shape index (κ1) is 16.0. The Morgan fingerprint density at radius 3 is 2.50 bits per heavy atom. The Labute approximate surface area is 130 Å². The van der Waals surface area contributed by atoms with Crippen LogP contribution in [0.15, 0.2) is 55.9 Å². The van der Waals surface area contributed by atoms with Crippen LogP contribution in [0.1, 0.15) is 0 Å². The molecule has 0 atom stereocenters. The zero-order valence-corrected chi connectivity index (χ0v) is 12.8. The fourth-order valence-electron chi connectivity index (χ4n) is 1.54. The van der Waals surface area contributed by atoms with Gasteiger partial charge in [-0.05, 0) is 30.7 Å². The topological polar surface area (TPSA) is 122 Å². The second-order valence-corrected chi connectivity index (χ2v) is 6.46. The fourth-order valence-corrected chi connectivity index (χ4v) is 3.34. The van der Waals surface area contributed by atoms with Gasteiger partial charge >= 0.3 is 0 Å². The smallest absolute Gasteiger partial charge is 0.282 e. The highest BCUT2D eigenvalue weighted by Crippen LogP contribution is 2.29. The van der Waals surface area contributed by atoms with Crippen LogP contribution >= 0.6 is 11.8 Å². The second-order valence-electron chi connectivity index (χ2n) is 3.94. The number of methoxy groups -OCH3 is 1. The maximum atomic E-state index is 12.2. The lowest BCUT2D eigenvalue weighted by molar-refractivity contribution is -0.384. The van der Waals surface area contributed by atoms with Crippen molar-refractivity contribution in [3.05, 3.63) is 56.7 Å². The standard InChI is InChI=1S/C12H10N2O6S2/c1-20-12(15)11-10(6-7-21-11)13-22(18,19)9-4-2-8(3-5-9)14(16)17/h2-7,15H,1H3/p-1. The average Bonchev–Trinajstić information content (AvgIpc) is 2.94. The molecule has 22 heavy (non-hydrogen) atoms. The Bertz CT molecular complexity index is 793. The van der Waals surface area contributed by atoms with E-state index in [-0.39, 0.29) is 21.2 Å². The van der Waals surface area contributed by atoms with E-state index in [1.807, 2.05) is 0 Å². The second kappa shape index (κ2) is 6.20. The van der Waals surface area contributed by atoms with E-state index in [2.05, 4.69) is 9.13 Å². The van der Waals surface area contributed by atoms with Gasteiger partial charge in [-0.1, -0.05) is 11.8 Å². The van der Waals surface area contributed by atoms with Gasteiger partial charge in [0.15, 0.2) is 0 Å². The Balaban J connectivity index is 2.41. The van der Waals surface area contributed by atoms with Crippen LogP contribution in [0.25, 0.3) is 0 Å². The number of hydrogen-bond donors (Lipinski definition) is 0. The normalized spacial score (nSPS) is 18.5. The third-order valence-corrected chi connectivity index (χ3v) is 4.77. The number of thioether (sulfide) groups is 1. The summed E-state index contributed by atoms with van der Waals surface area (Å²) >= 11 is 1.00. The van der Waals surface area contributed by atoms with E-state index in [0.717, 1.165) is 36.0 Å². The SMILES string of the molecule is COC([O-])=C1SC=CC1=NS(=O)(=O)c1ccc([N+](=O)[O-])cc1. The third kappa shape index (κ3) is 3.28. The summed E-state index contributed by atoms with van der Waals surface area (Å²) in [5.74, 6) is -0.687. The van der Waals surface area contributed by atoms with Gasteiger partial charge in [0.1, 0.15) is 0 Å². The van der Waals surface area contributed by atoms with Gasteiger partial charge in [0, 0.05) is 12.1 Å². The van der Waals surface area contributed by atoms with Gasteiger partial charge in [-0.3, -0.25) is 10.1 Å². The van der Waals surface area contributed by atoms with Gasteiger partial charge in [0.2, 0.25) is 0 Å². The summed E-state index contributed by atoms with van der Waals surface area (Å²) < 4.78 is 32.4. The highest BCUT2D eigenvalue weighted by atomic mass is 32.2. The number of sulfonamides is 1. The molecule has 10 heteroatoms. The summed E-state index contributed by atoms with van der Waals surface area (Å²) in [5, 5.41) is 23.6. The Hall–Kier alpha value is -2.33. The molecule has 0 fully saturated rings. The number of allylic oxidation sites excluding steroid dienone is 2. The molecule has 0 aliphatic carbocycles. The molecule has 0 N–H and O–H groups in total. The van der Waals surface area contributed by atoms with E-state index in [0.29, 0.717) is 0 Å². The molecule has 0 saturated carbocycles. The van der Waals surface area contributed by atoms with Crippen LogP contribution in [0.4, 0.5) is 5.69 Å². The molecule has 1 heterocycles. The van der Waals surface area contributed by atoms with Crippen molar-refractivity contribution in [2.45, 2.75) is 4.90 Å². The summed E-state index contributed by atoms with van der Waals surface area (Å²) in [6.45, 7) is 0. The summed E-state index contributed by atoms with van der Waals surface area (Å²) in [4.78, 5) is 9.77. The fraction of sp³-hybridized carbons (Fsp3) is 0.0833. The molecule has 0 saturated heterocycles. The van der Waals surface area contributed by atoms with Crippen molar-refractivity contribution in [2.75, 3.05) is 7.11 Å². The van der Waals surface area contributed by atoms with Crippen LogP contribution in [-0.4, -0.2) is 26.2 Å². The molecular formula is C12H9N2O6S2-. The maximum Gasteiger partial charge on any atom is 0.282 e. The van der Waals surface area contributed by atoms with Gasteiger partial charge in [-0.15, -0.1) is 0 Å². The first-order chi connectivity index (χ1) is 10.3. The first-order valence-electron chi connectivity index (χ1n) is 5.73. The predicted molar refractivity (Wildman–Crippen MR) is 78.5 cm³/mol. The number of nitro benzene ring substituents is 1. The molecule has 0 bridgehead atoms. The lowest BCUT2D eigenvalue weighted by atomic mass is 10.3. The molecular weight excluding hydrogens is 332 g/mol. The zero-order chi connectivity index (χ0) is 16.3. The minimum Gasteiger partial charge on any atom is -0.616 e. The molecule has 1 aliphatic rings. The molecule has 8 nitrogen and oxygen atoms in total. The van der Waals surface area contributed by atoms with E-state index in [1.54, 1.807) is 0 Å². The summed E-state index contributed by atoms with van der Waals surface area (Å²) in [7, 11) is -2.91. The summed E-state index contributed by atoms with van der Waals surface area (Å²) in [6, 6.07) is 4.30. The van der Waals surface area contributed by atoms with Gasteiger partial charge in [0.25, 0.3) is 15.7 Å². The molecule has 0 unspecified atom stereocenters. The van der Waals surface area contributed by atoms with Gasteiger partial charge in [0.05, 0.1) is 26.4 Å². The molecule has 116 valence electrons. The number of nitro groups is 1. The number of benzene rings is 1. The summed E-state index contributed by atoms with van der Waals surface area (Å²) in [6.07, 6.45) is 1.37. The van der Waals surface area contributed by atoms with Crippen LogP contribution in [0, 0.1) is 10.1 Å². The molecule has 1 aliphatic heterocycles. The third-order valence-electron chi connectivity index (χ3n) is 2.58. The zero-order valence-electron chi connectivity index (χ0n) is 11.1. The molecule has 0 amide bonds. The van der Waals surface area contributed by atoms with Crippen molar-refractivity contribution in [3.8, 4) is 0 Å². The van der Waals surface area contributed by atoms with Gasteiger partial charge < -0.3 is 9.84 Å². The number of hydrogen-bond acceptors (Lipinski definition) is 7. The van der Waals surface area contributed by atoms with E-state index in [9.17, 15) is 23.6 Å². The molecule has 1 aromatic rings. The van der Waals surface area contributed by atoms with Crippen molar-refractivity contribution < 1.29 is 23.2 Å². The monoisotopic (exact) mass is 341 g/mol. The first-order valence-corrected chi connectivity index (χ1v) is 8.05. The minimum absolute atomic E-state index is 0.0322. The van der Waals surface area contributed by atoms with Crippen LogP contribution in [0.3, 0.4) is 0 Å². The number of rotatable bonds is 4. The van der Waals surface area contributed by atoms with Crippen LogP contribution in [-0.2, 0) is 14.8 Å². The van der Waals surface area contributed by atoms with Crippen molar-refractivity contribution in [1.82, 2.24) is 0 Å². The number of nitrogens with zero attached hydrogens (tertiary/aromatic N) is 2. The largest absolute Gasteiger partial charge is 0.616 e. The maximum absolute atomic E-state index is 12.2. The van der Waals surface area contributed by atoms with Crippen LogP contribution in [0.5, 0.6) is 0 Å². The quantitative estimate of drug-likeness (QED) is 0.457. The van der Waals surface area contributed by atoms with Crippen LogP contribution in [0.2, 0.25) is 0 Å².